The predicted octanol–water partition coefficient (Wildman–Crippen LogP) is 2.51. The Morgan fingerprint density at radius 2 is 2.20 bits per heavy atom. The standard InChI is InChI=1S/C21H26F2N6O/c1-3-25-20-10-18(30-2)21(13-4-5-13)28-29(20)12-15-8-14(22)9-19(26-15)27-17-11-24-7-6-16(17)23/h3,8-10,13,16-17,24H,1,4-7,11-12H2,2H3,(H,26,27)/b25-20-. The fraction of sp³-hybridized carbons (Fsp3) is 0.476. The van der Waals surface area contributed by atoms with Crippen molar-refractivity contribution in [3.8, 4) is 5.75 Å². The molecular weight excluding hydrogens is 390 g/mol. The van der Waals surface area contributed by atoms with E-state index in [4.69, 9.17) is 9.84 Å². The lowest BCUT2D eigenvalue weighted by Crippen LogP contribution is -2.46. The second-order valence-corrected chi connectivity index (χ2v) is 7.62. The summed E-state index contributed by atoms with van der Waals surface area (Å²) in [6, 6.07) is 3.99. The first-order chi connectivity index (χ1) is 14.6. The van der Waals surface area contributed by atoms with Gasteiger partial charge in [-0.2, -0.15) is 5.10 Å². The van der Waals surface area contributed by atoms with E-state index < -0.39 is 18.0 Å². The molecule has 2 aromatic heterocycles. The van der Waals surface area contributed by atoms with E-state index in [0.717, 1.165) is 18.5 Å². The van der Waals surface area contributed by atoms with Crippen LogP contribution in [0.1, 0.15) is 36.6 Å². The van der Waals surface area contributed by atoms with Gasteiger partial charge in [-0.05, 0) is 31.9 Å². The number of nitrogens with one attached hydrogen (secondary N) is 2. The SMILES string of the molecule is C=C/N=c1/cc(OC)c(C2CC2)nn1Cc1cc(F)cc(NC2CNCCC2F)n1. The topological polar surface area (TPSA) is 76.4 Å². The molecule has 1 aliphatic carbocycles. The van der Waals surface area contributed by atoms with Gasteiger partial charge in [-0.1, -0.05) is 6.58 Å². The third-order valence-corrected chi connectivity index (χ3v) is 5.30. The van der Waals surface area contributed by atoms with Gasteiger partial charge in [0.2, 0.25) is 0 Å². The van der Waals surface area contributed by atoms with Crippen LogP contribution in [0.4, 0.5) is 14.6 Å². The van der Waals surface area contributed by atoms with E-state index in [1.54, 1.807) is 11.8 Å². The van der Waals surface area contributed by atoms with Crippen molar-refractivity contribution >= 4 is 5.82 Å². The van der Waals surface area contributed by atoms with Crippen LogP contribution in [0.25, 0.3) is 0 Å². The number of nitrogens with zero attached hydrogens (tertiary/aromatic N) is 4. The summed E-state index contributed by atoms with van der Waals surface area (Å²) in [6.45, 7) is 4.97. The number of methoxy groups -OCH3 is 1. The summed E-state index contributed by atoms with van der Waals surface area (Å²) in [6.07, 6.45) is 2.96. The summed E-state index contributed by atoms with van der Waals surface area (Å²) >= 11 is 0. The fourth-order valence-electron chi connectivity index (χ4n) is 3.63. The first-order valence-corrected chi connectivity index (χ1v) is 10.2. The quantitative estimate of drug-likeness (QED) is 0.725. The van der Waals surface area contributed by atoms with Crippen molar-refractivity contribution in [2.45, 2.75) is 43.9 Å². The Labute approximate surface area is 173 Å². The Morgan fingerprint density at radius 3 is 2.90 bits per heavy atom. The number of aromatic nitrogens is 3. The summed E-state index contributed by atoms with van der Waals surface area (Å²) in [7, 11) is 1.61. The van der Waals surface area contributed by atoms with Crippen LogP contribution < -0.4 is 20.9 Å². The van der Waals surface area contributed by atoms with Gasteiger partial charge in [-0.25, -0.2) is 23.4 Å². The zero-order valence-corrected chi connectivity index (χ0v) is 16.9. The molecule has 9 heteroatoms. The van der Waals surface area contributed by atoms with Crippen molar-refractivity contribution in [2.75, 3.05) is 25.5 Å². The van der Waals surface area contributed by atoms with Gasteiger partial charge >= 0.3 is 0 Å². The zero-order valence-electron chi connectivity index (χ0n) is 16.9. The highest BCUT2D eigenvalue weighted by atomic mass is 19.1. The molecule has 2 aliphatic rings. The third-order valence-electron chi connectivity index (χ3n) is 5.30. The molecule has 0 spiro atoms. The number of anilines is 1. The van der Waals surface area contributed by atoms with Gasteiger partial charge in [0.15, 0.2) is 5.49 Å². The highest BCUT2D eigenvalue weighted by Gasteiger charge is 2.29. The average Bonchev–Trinajstić information content (AvgIpc) is 3.56. The molecule has 1 aliphatic heterocycles. The highest BCUT2D eigenvalue weighted by molar-refractivity contribution is 5.38. The number of rotatable bonds is 7. The van der Waals surface area contributed by atoms with Crippen LogP contribution >= 0.6 is 0 Å². The van der Waals surface area contributed by atoms with E-state index in [1.807, 2.05) is 6.07 Å². The molecule has 4 rings (SSSR count). The Bertz CT molecular complexity index is 988. The number of hydrogen-bond acceptors (Lipinski definition) is 6. The monoisotopic (exact) mass is 416 g/mol. The Morgan fingerprint density at radius 1 is 1.37 bits per heavy atom. The van der Waals surface area contributed by atoms with Gasteiger partial charge in [0.05, 0.1) is 25.4 Å². The predicted molar refractivity (Wildman–Crippen MR) is 110 cm³/mol. The normalized spacial score (nSPS) is 22.0. The van der Waals surface area contributed by atoms with Crippen LogP contribution in [0.5, 0.6) is 5.75 Å². The molecule has 2 aromatic rings. The molecule has 1 saturated carbocycles. The van der Waals surface area contributed by atoms with Crippen LogP contribution in [-0.4, -0.2) is 47.2 Å². The van der Waals surface area contributed by atoms with Crippen molar-refractivity contribution in [1.82, 2.24) is 20.1 Å². The number of piperidine rings is 1. The van der Waals surface area contributed by atoms with Crippen molar-refractivity contribution in [1.29, 1.82) is 0 Å². The van der Waals surface area contributed by atoms with Crippen molar-refractivity contribution in [3.63, 3.8) is 0 Å². The zero-order chi connectivity index (χ0) is 21.1. The minimum absolute atomic E-state index is 0.213. The molecule has 1 saturated heterocycles. The maximum absolute atomic E-state index is 14.3. The lowest BCUT2D eigenvalue weighted by Gasteiger charge is -2.28. The Hall–Kier alpha value is -2.81. The summed E-state index contributed by atoms with van der Waals surface area (Å²) in [4.78, 5) is 8.76. The molecule has 7 nitrogen and oxygen atoms in total. The van der Waals surface area contributed by atoms with Crippen LogP contribution in [0.3, 0.4) is 0 Å². The highest BCUT2D eigenvalue weighted by Crippen LogP contribution is 2.42. The van der Waals surface area contributed by atoms with E-state index in [0.29, 0.717) is 48.2 Å². The molecule has 0 radical (unpaired) electrons. The molecule has 0 amide bonds. The number of pyridine rings is 1. The van der Waals surface area contributed by atoms with Crippen LogP contribution in [0, 0.1) is 5.82 Å². The van der Waals surface area contributed by atoms with Crippen LogP contribution in [-0.2, 0) is 6.54 Å². The first-order valence-electron chi connectivity index (χ1n) is 10.2. The molecule has 2 fully saturated rings. The van der Waals surface area contributed by atoms with Gasteiger partial charge in [0.1, 0.15) is 29.3 Å². The van der Waals surface area contributed by atoms with E-state index in [9.17, 15) is 8.78 Å². The minimum atomic E-state index is -1.00. The van der Waals surface area contributed by atoms with Gasteiger partial charge in [0, 0.05) is 30.8 Å². The van der Waals surface area contributed by atoms with Gasteiger partial charge in [-0.15, -0.1) is 0 Å². The molecule has 3 heterocycles. The van der Waals surface area contributed by atoms with Gasteiger partial charge in [0.25, 0.3) is 0 Å². The summed E-state index contributed by atoms with van der Waals surface area (Å²) in [5.74, 6) is 0.908. The molecular formula is C21H26F2N6O. The second-order valence-electron chi connectivity index (χ2n) is 7.62. The Kier molecular flexibility index (Phi) is 6.08. The molecule has 160 valence electrons. The lowest BCUT2D eigenvalue weighted by atomic mass is 10.1. The van der Waals surface area contributed by atoms with E-state index in [-0.39, 0.29) is 6.54 Å². The maximum atomic E-state index is 14.3. The third kappa shape index (κ3) is 4.67. The number of halogens is 2. The molecule has 0 bridgehead atoms. The molecule has 0 aromatic carbocycles. The summed E-state index contributed by atoms with van der Waals surface area (Å²) in [5, 5.41) is 10.9. The minimum Gasteiger partial charge on any atom is -0.495 e. The summed E-state index contributed by atoms with van der Waals surface area (Å²) < 4.78 is 35.6. The first kappa shape index (κ1) is 20.5. The largest absolute Gasteiger partial charge is 0.495 e. The van der Waals surface area contributed by atoms with E-state index in [1.165, 1.54) is 18.3 Å². The van der Waals surface area contributed by atoms with Crippen molar-refractivity contribution < 1.29 is 13.5 Å². The van der Waals surface area contributed by atoms with Gasteiger partial charge < -0.3 is 15.4 Å². The van der Waals surface area contributed by atoms with E-state index >= 15 is 0 Å². The maximum Gasteiger partial charge on any atom is 0.152 e. The fourth-order valence-corrected chi connectivity index (χ4v) is 3.63. The van der Waals surface area contributed by atoms with Crippen molar-refractivity contribution in [3.05, 3.63) is 53.7 Å². The average molecular weight is 416 g/mol. The molecule has 2 unspecified atom stereocenters. The lowest BCUT2D eigenvalue weighted by molar-refractivity contribution is 0.241. The smallest absolute Gasteiger partial charge is 0.152 e. The van der Waals surface area contributed by atoms with Crippen molar-refractivity contribution in [2.24, 2.45) is 4.99 Å². The van der Waals surface area contributed by atoms with Crippen LogP contribution in [0.15, 0.2) is 36.0 Å². The Balaban J connectivity index is 1.63. The number of alkyl halides is 1. The molecule has 2 N–H and O–H groups in total. The molecule has 30 heavy (non-hydrogen) atoms. The van der Waals surface area contributed by atoms with Gasteiger partial charge in [-0.3, -0.25) is 0 Å². The second kappa shape index (κ2) is 8.91. The van der Waals surface area contributed by atoms with Crippen LogP contribution in [0.2, 0.25) is 0 Å². The number of ether oxygens (including phenoxy) is 1. The van der Waals surface area contributed by atoms with E-state index in [2.05, 4.69) is 27.2 Å². The number of hydrogen-bond donors (Lipinski definition) is 2. The molecule has 2 atom stereocenters. The summed E-state index contributed by atoms with van der Waals surface area (Å²) in [5.41, 5.74) is 1.86.